The summed E-state index contributed by atoms with van der Waals surface area (Å²) in [5.74, 6) is 0.325. The van der Waals surface area contributed by atoms with Crippen LogP contribution in [0.3, 0.4) is 0 Å². The van der Waals surface area contributed by atoms with E-state index in [2.05, 4.69) is 10.6 Å². The number of nitrogen functional groups attached to an aromatic ring is 1. The van der Waals surface area contributed by atoms with Gasteiger partial charge in [-0.3, -0.25) is 4.79 Å². The summed E-state index contributed by atoms with van der Waals surface area (Å²) in [6, 6.07) is 5.57. The molecule has 18 heavy (non-hydrogen) atoms. The SMILES string of the molecule is COc1cccc(N)c1C(=O)NCC1CCCN1. The van der Waals surface area contributed by atoms with E-state index in [1.165, 1.54) is 7.11 Å². The van der Waals surface area contributed by atoms with E-state index < -0.39 is 0 Å². The fourth-order valence-electron chi connectivity index (χ4n) is 2.20. The Morgan fingerprint density at radius 3 is 3.11 bits per heavy atom. The van der Waals surface area contributed by atoms with Crippen molar-refractivity contribution in [3.05, 3.63) is 23.8 Å². The standard InChI is InChI=1S/C13H19N3O2/c1-18-11-6-2-5-10(14)12(11)13(17)16-8-9-4-3-7-15-9/h2,5-6,9,15H,3-4,7-8,14H2,1H3,(H,16,17). The molecule has 4 N–H and O–H groups in total. The van der Waals surface area contributed by atoms with E-state index >= 15 is 0 Å². The minimum Gasteiger partial charge on any atom is -0.496 e. The lowest BCUT2D eigenvalue weighted by Gasteiger charge is -2.14. The van der Waals surface area contributed by atoms with Gasteiger partial charge in [0, 0.05) is 18.3 Å². The summed E-state index contributed by atoms with van der Waals surface area (Å²) in [4.78, 5) is 12.1. The average Bonchev–Trinajstić information content (AvgIpc) is 2.88. The lowest BCUT2D eigenvalue weighted by Crippen LogP contribution is -2.37. The fourth-order valence-corrected chi connectivity index (χ4v) is 2.20. The molecule has 1 atom stereocenters. The first kappa shape index (κ1) is 12.7. The Balaban J connectivity index is 2.03. The smallest absolute Gasteiger partial charge is 0.257 e. The van der Waals surface area contributed by atoms with E-state index in [1.807, 2.05) is 0 Å². The number of amides is 1. The molecule has 98 valence electrons. The van der Waals surface area contributed by atoms with Crippen molar-refractivity contribution >= 4 is 11.6 Å². The molecule has 1 fully saturated rings. The van der Waals surface area contributed by atoms with Crippen molar-refractivity contribution in [3.63, 3.8) is 0 Å². The molecular formula is C13H19N3O2. The summed E-state index contributed by atoms with van der Waals surface area (Å²) in [5, 5.41) is 6.22. The van der Waals surface area contributed by atoms with Crippen molar-refractivity contribution in [3.8, 4) is 5.75 Å². The van der Waals surface area contributed by atoms with Gasteiger partial charge in [-0.1, -0.05) is 6.07 Å². The first-order chi connectivity index (χ1) is 8.72. The summed E-state index contributed by atoms with van der Waals surface area (Å²) in [6.45, 7) is 1.65. The van der Waals surface area contributed by atoms with Gasteiger partial charge in [-0.15, -0.1) is 0 Å². The Kier molecular flexibility index (Phi) is 4.04. The van der Waals surface area contributed by atoms with Crippen molar-refractivity contribution < 1.29 is 9.53 Å². The third kappa shape index (κ3) is 2.73. The molecule has 2 rings (SSSR count). The molecule has 0 aliphatic carbocycles. The van der Waals surface area contributed by atoms with E-state index in [0.29, 0.717) is 29.6 Å². The Morgan fingerprint density at radius 1 is 1.61 bits per heavy atom. The molecule has 1 heterocycles. The lowest BCUT2D eigenvalue weighted by atomic mass is 10.1. The lowest BCUT2D eigenvalue weighted by molar-refractivity contribution is 0.0948. The predicted molar refractivity (Wildman–Crippen MR) is 70.8 cm³/mol. The Labute approximate surface area is 107 Å². The zero-order valence-electron chi connectivity index (χ0n) is 10.5. The number of hydrogen-bond donors (Lipinski definition) is 3. The Hall–Kier alpha value is -1.75. The average molecular weight is 249 g/mol. The number of carbonyl (C=O) groups is 1. The van der Waals surface area contributed by atoms with Crippen LogP contribution in [0.4, 0.5) is 5.69 Å². The van der Waals surface area contributed by atoms with Gasteiger partial charge in [-0.25, -0.2) is 0 Å². The number of ether oxygens (including phenoxy) is 1. The second kappa shape index (κ2) is 5.73. The summed E-state index contributed by atoms with van der Waals surface area (Å²) < 4.78 is 5.16. The van der Waals surface area contributed by atoms with E-state index in [-0.39, 0.29) is 5.91 Å². The monoisotopic (exact) mass is 249 g/mol. The van der Waals surface area contributed by atoms with Gasteiger partial charge in [-0.05, 0) is 31.5 Å². The zero-order chi connectivity index (χ0) is 13.0. The third-order valence-corrected chi connectivity index (χ3v) is 3.18. The Morgan fingerprint density at radius 2 is 2.44 bits per heavy atom. The molecule has 0 spiro atoms. The minimum absolute atomic E-state index is 0.182. The molecular weight excluding hydrogens is 230 g/mol. The van der Waals surface area contributed by atoms with Gasteiger partial charge in [0.2, 0.25) is 0 Å². The number of carbonyl (C=O) groups excluding carboxylic acids is 1. The summed E-state index contributed by atoms with van der Waals surface area (Å²) in [6.07, 6.45) is 2.26. The van der Waals surface area contributed by atoms with Crippen molar-refractivity contribution in [1.82, 2.24) is 10.6 Å². The first-order valence-electron chi connectivity index (χ1n) is 6.16. The largest absolute Gasteiger partial charge is 0.496 e. The molecule has 1 aromatic rings. The van der Waals surface area contributed by atoms with Crippen LogP contribution in [0, 0.1) is 0 Å². The number of benzene rings is 1. The van der Waals surface area contributed by atoms with Gasteiger partial charge in [0.15, 0.2) is 0 Å². The Bertz CT molecular complexity index is 428. The van der Waals surface area contributed by atoms with Crippen LogP contribution in [0.25, 0.3) is 0 Å². The van der Waals surface area contributed by atoms with E-state index in [4.69, 9.17) is 10.5 Å². The number of methoxy groups -OCH3 is 1. The normalized spacial score (nSPS) is 18.6. The second-order valence-corrected chi connectivity index (χ2v) is 4.43. The van der Waals surface area contributed by atoms with Gasteiger partial charge in [-0.2, -0.15) is 0 Å². The molecule has 1 unspecified atom stereocenters. The predicted octanol–water partition coefficient (Wildman–Crippen LogP) is 0.759. The molecule has 5 heteroatoms. The maximum absolute atomic E-state index is 12.1. The fraction of sp³-hybridized carbons (Fsp3) is 0.462. The topological polar surface area (TPSA) is 76.4 Å². The highest BCUT2D eigenvalue weighted by molar-refractivity contribution is 6.01. The van der Waals surface area contributed by atoms with Gasteiger partial charge in [0.05, 0.1) is 7.11 Å². The third-order valence-electron chi connectivity index (χ3n) is 3.18. The van der Waals surface area contributed by atoms with Crippen LogP contribution in [-0.4, -0.2) is 32.1 Å². The van der Waals surface area contributed by atoms with Gasteiger partial charge in [0.25, 0.3) is 5.91 Å². The van der Waals surface area contributed by atoms with Gasteiger partial charge < -0.3 is 21.1 Å². The number of nitrogens with two attached hydrogens (primary N) is 1. The quantitative estimate of drug-likeness (QED) is 0.689. The van der Waals surface area contributed by atoms with Gasteiger partial charge >= 0.3 is 0 Å². The number of rotatable bonds is 4. The van der Waals surface area contributed by atoms with Gasteiger partial charge in [0.1, 0.15) is 11.3 Å². The van der Waals surface area contributed by atoms with Crippen LogP contribution in [0.15, 0.2) is 18.2 Å². The second-order valence-electron chi connectivity index (χ2n) is 4.43. The summed E-state index contributed by atoms with van der Waals surface area (Å²) >= 11 is 0. The van der Waals surface area contributed by atoms with E-state index in [9.17, 15) is 4.79 Å². The molecule has 1 aliphatic rings. The van der Waals surface area contributed by atoms with Crippen molar-refractivity contribution in [2.75, 3.05) is 25.9 Å². The highest BCUT2D eigenvalue weighted by Crippen LogP contribution is 2.23. The zero-order valence-corrected chi connectivity index (χ0v) is 10.5. The van der Waals surface area contributed by atoms with Crippen LogP contribution in [-0.2, 0) is 0 Å². The van der Waals surface area contributed by atoms with Crippen LogP contribution in [0.1, 0.15) is 23.2 Å². The van der Waals surface area contributed by atoms with Crippen molar-refractivity contribution in [2.45, 2.75) is 18.9 Å². The molecule has 5 nitrogen and oxygen atoms in total. The maximum atomic E-state index is 12.1. The van der Waals surface area contributed by atoms with Crippen molar-refractivity contribution in [2.24, 2.45) is 0 Å². The minimum atomic E-state index is -0.182. The van der Waals surface area contributed by atoms with Crippen LogP contribution < -0.4 is 21.1 Å². The molecule has 1 aromatic carbocycles. The molecule has 0 saturated carbocycles. The molecule has 1 aliphatic heterocycles. The molecule has 1 saturated heterocycles. The number of anilines is 1. The molecule has 0 bridgehead atoms. The number of nitrogens with one attached hydrogen (secondary N) is 2. The van der Waals surface area contributed by atoms with Crippen LogP contribution in [0.5, 0.6) is 5.75 Å². The molecule has 1 amide bonds. The number of hydrogen-bond acceptors (Lipinski definition) is 4. The van der Waals surface area contributed by atoms with E-state index in [0.717, 1.165) is 19.4 Å². The first-order valence-corrected chi connectivity index (χ1v) is 6.16. The maximum Gasteiger partial charge on any atom is 0.257 e. The molecule has 0 radical (unpaired) electrons. The van der Waals surface area contributed by atoms with Crippen LogP contribution in [0.2, 0.25) is 0 Å². The van der Waals surface area contributed by atoms with Crippen LogP contribution >= 0.6 is 0 Å². The summed E-state index contributed by atoms with van der Waals surface area (Å²) in [5.41, 5.74) is 6.68. The highest BCUT2D eigenvalue weighted by atomic mass is 16.5. The van der Waals surface area contributed by atoms with Crippen molar-refractivity contribution in [1.29, 1.82) is 0 Å². The van der Waals surface area contributed by atoms with E-state index in [1.54, 1.807) is 18.2 Å². The summed E-state index contributed by atoms with van der Waals surface area (Å²) in [7, 11) is 1.53. The molecule has 0 aromatic heterocycles. The highest BCUT2D eigenvalue weighted by Gasteiger charge is 2.18.